The number of carbonyl (C=O) groups is 5. The van der Waals surface area contributed by atoms with Crippen LogP contribution in [0, 0.1) is 0 Å². The van der Waals surface area contributed by atoms with E-state index in [0.717, 1.165) is 5.56 Å². The highest BCUT2D eigenvalue weighted by Crippen LogP contribution is 2.33. The second-order valence-electron chi connectivity index (χ2n) is 14.3. The van der Waals surface area contributed by atoms with E-state index in [9.17, 15) is 24.0 Å². The Hall–Kier alpha value is -7.11. The van der Waals surface area contributed by atoms with E-state index in [4.69, 9.17) is 28.4 Å². The molecule has 62 heavy (non-hydrogen) atoms. The second kappa shape index (κ2) is 23.6. The molecule has 0 spiro atoms. The van der Waals surface area contributed by atoms with Crippen LogP contribution in [0.15, 0.2) is 176 Å². The van der Waals surface area contributed by atoms with Gasteiger partial charge >= 0.3 is 29.8 Å². The van der Waals surface area contributed by atoms with Gasteiger partial charge in [-0.1, -0.05) is 127 Å². The summed E-state index contributed by atoms with van der Waals surface area (Å²) in [6.07, 6.45) is 3.76. The first-order chi connectivity index (χ1) is 30.4. The van der Waals surface area contributed by atoms with Crippen molar-refractivity contribution in [3.05, 3.63) is 204 Å². The first-order valence-corrected chi connectivity index (χ1v) is 20.5. The predicted octanol–water partition coefficient (Wildman–Crippen LogP) is 9.09. The average Bonchev–Trinajstić information content (AvgIpc) is 3.32. The van der Waals surface area contributed by atoms with Gasteiger partial charge in [-0.05, 0) is 79.8 Å². The summed E-state index contributed by atoms with van der Waals surface area (Å²) in [6.45, 7) is -0.162. The molecule has 318 valence electrons. The lowest BCUT2D eigenvalue weighted by Crippen LogP contribution is -2.62. The summed E-state index contributed by atoms with van der Waals surface area (Å²) in [6, 6.07) is 42.7. The number of rotatable bonds is 19. The fraction of sp³-hybridized carbons (Fsp3) is 0.235. The Balaban J connectivity index is 1.22. The summed E-state index contributed by atoms with van der Waals surface area (Å²) in [5.74, 6) is -3.16. The third-order valence-electron chi connectivity index (χ3n) is 9.84. The highest BCUT2D eigenvalue weighted by Gasteiger charge is 2.52. The smallest absolute Gasteiger partial charge is 0.338 e. The van der Waals surface area contributed by atoms with Crippen LogP contribution in [0.5, 0.6) is 0 Å². The van der Waals surface area contributed by atoms with Crippen molar-refractivity contribution in [1.82, 2.24) is 0 Å². The fourth-order valence-electron chi connectivity index (χ4n) is 6.63. The van der Waals surface area contributed by atoms with Gasteiger partial charge in [-0.3, -0.25) is 4.79 Å². The van der Waals surface area contributed by atoms with Crippen LogP contribution in [0.25, 0.3) is 0 Å². The van der Waals surface area contributed by atoms with Gasteiger partial charge in [0.15, 0.2) is 18.3 Å². The number of ether oxygens (including phenoxy) is 6. The number of allylic oxidation sites excluding steroid dienone is 3. The zero-order valence-electron chi connectivity index (χ0n) is 34.1. The molecule has 0 bridgehead atoms. The zero-order valence-corrected chi connectivity index (χ0v) is 34.1. The van der Waals surface area contributed by atoms with E-state index in [1.54, 1.807) is 121 Å². The fourth-order valence-corrected chi connectivity index (χ4v) is 6.63. The summed E-state index contributed by atoms with van der Waals surface area (Å²) in [5.41, 5.74) is 1.88. The molecule has 5 atom stereocenters. The van der Waals surface area contributed by atoms with Gasteiger partial charge in [0.1, 0.15) is 25.4 Å². The lowest BCUT2D eigenvalue weighted by Gasteiger charge is -2.44. The normalized spacial score (nSPS) is 18.4. The predicted molar refractivity (Wildman–Crippen MR) is 230 cm³/mol. The SMILES string of the molecule is O=C(CC/C=C/CC/C=C/C[C@H]1O[C@H](COC(=O)c2ccccc2)[C@@H](OC(=O)c2ccccc2)[C@H](OC(=O)c2ccccc2)[C@@H]1OC(=O)c1ccccc1)OCc1ccccc1. The lowest BCUT2D eigenvalue weighted by molar-refractivity contribution is -0.227. The number of benzene rings is 5. The van der Waals surface area contributed by atoms with Gasteiger partial charge in [-0.15, -0.1) is 0 Å². The van der Waals surface area contributed by atoms with Crippen molar-refractivity contribution in [2.45, 2.75) is 69.2 Å². The summed E-state index contributed by atoms with van der Waals surface area (Å²) in [4.78, 5) is 66.7. The number of hydrogen-bond donors (Lipinski definition) is 0. The molecule has 1 heterocycles. The standard InChI is InChI=1S/C51H48O11/c52-44(57-35-37-23-11-6-12-24-37)34-22-5-3-1-2-4-21-33-42-45(60-49(54)39-27-15-8-16-28-39)47(62-51(56)41-31-19-10-20-32-41)46(61-50(55)40-29-17-9-18-30-40)43(59-42)36-58-48(53)38-25-13-7-14-26-38/h3-21,23-32,42-43,45-47H,1-2,22,33-36H2/b5-3+,21-4+/t42-,43-,45-,46-,47-/m1/s1. The molecule has 1 saturated heterocycles. The average molecular weight is 837 g/mol. The molecule has 6 rings (SSSR count). The van der Waals surface area contributed by atoms with Crippen molar-refractivity contribution in [2.75, 3.05) is 6.61 Å². The Bertz CT molecular complexity index is 2240. The maximum absolute atomic E-state index is 13.8. The summed E-state index contributed by atoms with van der Waals surface area (Å²) >= 11 is 0. The molecule has 0 aliphatic carbocycles. The van der Waals surface area contributed by atoms with Crippen molar-refractivity contribution in [1.29, 1.82) is 0 Å². The molecule has 1 aliphatic rings. The van der Waals surface area contributed by atoms with E-state index in [0.29, 0.717) is 24.8 Å². The Labute approximate surface area is 360 Å². The van der Waals surface area contributed by atoms with Crippen molar-refractivity contribution < 1.29 is 52.4 Å². The van der Waals surface area contributed by atoms with Gasteiger partial charge in [-0.2, -0.15) is 0 Å². The molecular formula is C51H48O11. The van der Waals surface area contributed by atoms with Crippen LogP contribution in [-0.4, -0.2) is 67.0 Å². The van der Waals surface area contributed by atoms with Crippen molar-refractivity contribution >= 4 is 29.8 Å². The number of esters is 5. The number of hydrogen-bond acceptors (Lipinski definition) is 11. The third-order valence-corrected chi connectivity index (χ3v) is 9.84. The molecule has 11 heteroatoms. The first kappa shape index (κ1) is 44.4. The lowest BCUT2D eigenvalue weighted by atomic mass is 9.92. The third kappa shape index (κ3) is 13.5. The molecule has 1 fully saturated rings. The molecule has 1 aliphatic heterocycles. The molecule has 0 N–H and O–H groups in total. The van der Waals surface area contributed by atoms with Crippen LogP contribution in [0.3, 0.4) is 0 Å². The van der Waals surface area contributed by atoms with Gasteiger partial charge in [-0.25, -0.2) is 19.2 Å². The summed E-state index contributed by atoms with van der Waals surface area (Å²) in [7, 11) is 0. The van der Waals surface area contributed by atoms with Gasteiger partial charge in [0.25, 0.3) is 0 Å². The van der Waals surface area contributed by atoms with Gasteiger partial charge in [0.05, 0.1) is 22.3 Å². The number of unbranched alkanes of at least 4 members (excludes halogenated alkanes) is 1. The molecule has 0 saturated carbocycles. The van der Waals surface area contributed by atoms with E-state index in [-0.39, 0.29) is 42.1 Å². The van der Waals surface area contributed by atoms with Gasteiger partial charge in [0, 0.05) is 6.42 Å². The van der Waals surface area contributed by atoms with Crippen LogP contribution in [-0.2, 0) is 39.8 Å². The second-order valence-corrected chi connectivity index (χ2v) is 14.3. The molecule has 5 aromatic carbocycles. The Morgan fingerprint density at radius 2 is 0.839 bits per heavy atom. The van der Waals surface area contributed by atoms with Gasteiger partial charge < -0.3 is 28.4 Å². The molecule has 11 nitrogen and oxygen atoms in total. The van der Waals surface area contributed by atoms with Gasteiger partial charge in [0.2, 0.25) is 0 Å². The Kier molecular flexibility index (Phi) is 16.9. The minimum absolute atomic E-state index is 0.172. The zero-order chi connectivity index (χ0) is 43.4. The van der Waals surface area contributed by atoms with E-state index in [2.05, 4.69) is 0 Å². The van der Waals surface area contributed by atoms with Crippen molar-refractivity contribution in [2.24, 2.45) is 0 Å². The molecular weight excluding hydrogens is 789 g/mol. The first-order valence-electron chi connectivity index (χ1n) is 20.5. The van der Waals surface area contributed by atoms with Crippen LogP contribution in [0.1, 0.15) is 79.1 Å². The maximum Gasteiger partial charge on any atom is 0.338 e. The molecule has 5 aromatic rings. The van der Waals surface area contributed by atoms with Crippen LogP contribution in [0.4, 0.5) is 0 Å². The molecule has 0 amide bonds. The van der Waals surface area contributed by atoms with Crippen LogP contribution in [0.2, 0.25) is 0 Å². The maximum atomic E-state index is 13.8. The number of carbonyl (C=O) groups excluding carboxylic acids is 5. The largest absolute Gasteiger partial charge is 0.461 e. The van der Waals surface area contributed by atoms with E-state index in [1.165, 1.54) is 0 Å². The van der Waals surface area contributed by atoms with E-state index in [1.807, 2.05) is 54.6 Å². The minimum Gasteiger partial charge on any atom is -0.461 e. The van der Waals surface area contributed by atoms with Crippen LogP contribution >= 0.6 is 0 Å². The molecule has 0 radical (unpaired) electrons. The minimum atomic E-state index is -1.42. The summed E-state index contributed by atoms with van der Waals surface area (Å²) in [5, 5.41) is 0. The monoisotopic (exact) mass is 836 g/mol. The molecule has 0 unspecified atom stereocenters. The highest BCUT2D eigenvalue weighted by atomic mass is 16.7. The molecule has 0 aromatic heterocycles. The highest BCUT2D eigenvalue weighted by molar-refractivity contribution is 5.91. The van der Waals surface area contributed by atoms with Crippen molar-refractivity contribution in [3.63, 3.8) is 0 Å². The Morgan fingerprint density at radius 3 is 1.34 bits per heavy atom. The quantitative estimate of drug-likeness (QED) is 0.0340. The van der Waals surface area contributed by atoms with E-state index >= 15 is 0 Å². The van der Waals surface area contributed by atoms with Crippen LogP contribution < -0.4 is 0 Å². The topological polar surface area (TPSA) is 141 Å². The summed E-state index contributed by atoms with van der Waals surface area (Å²) < 4.78 is 36.1. The Morgan fingerprint density at radius 1 is 0.435 bits per heavy atom. The van der Waals surface area contributed by atoms with Crippen molar-refractivity contribution in [3.8, 4) is 0 Å². The van der Waals surface area contributed by atoms with E-state index < -0.39 is 61.0 Å².